The highest BCUT2D eigenvalue weighted by molar-refractivity contribution is 6.04. The molecule has 1 unspecified atom stereocenters. The van der Waals surface area contributed by atoms with E-state index < -0.39 is 0 Å². The molecule has 0 aliphatic carbocycles. The molecule has 33 heavy (non-hydrogen) atoms. The van der Waals surface area contributed by atoms with Gasteiger partial charge in [0.05, 0.1) is 18.8 Å². The Morgan fingerprint density at radius 2 is 1.73 bits per heavy atom. The lowest BCUT2D eigenvalue weighted by Crippen LogP contribution is -2.35. The van der Waals surface area contributed by atoms with Gasteiger partial charge in [-0.3, -0.25) is 4.79 Å². The normalized spacial score (nSPS) is 18.0. The van der Waals surface area contributed by atoms with Crippen LogP contribution in [0.25, 0.3) is 0 Å². The molecule has 2 saturated heterocycles. The summed E-state index contributed by atoms with van der Waals surface area (Å²) >= 11 is 0. The van der Waals surface area contributed by atoms with Crippen LogP contribution in [0.2, 0.25) is 0 Å². The number of hydrogen-bond acceptors (Lipinski definition) is 5. The first-order valence-corrected chi connectivity index (χ1v) is 11.6. The molecule has 0 spiro atoms. The number of amides is 3. The lowest BCUT2D eigenvalue weighted by atomic mass is 10.1. The second-order valence-corrected chi connectivity index (χ2v) is 8.43. The summed E-state index contributed by atoms with van der Waals surface area (Å²) in [7, 11) is 1.59. The van der Waals surface area contributed by atoms with Crippen molar-refractivity contribution in [1.82, 2.24) is 5.32 Å². The van der Waals surface area contributed by atoms with Crippen LogP contribution in [-0.2, 0) is 4.74 Å². The van der Waals surface area contributed by atoms with Crippen LogP contribution in [-0.4, -0.2) is 51.4 Å². The number of urea groups is 1. The van der Waals surface area contributed by atoms with Crippen LogP contribution in [0.5, 0.6) is 5.75 Å². The molecular weight excluding hydrogens is 420 g/mol. The van der Waals surface area contributed by atoms with Gasteiger partial charge in [-0.05, 0) is 74.6 Å². The summed E-state index contributed by atoms with van der Waals surface area (Å²) in [6, 6.07) is 12.2. The van der Waals surface area contributed by atoms with E-state index in [1.165, 1.54) is 6.42 Å². The maximum atomic E-state index is 13.1. The minimum Gasteiger partial charge on any atom is -0.497 e. The fourth-order valence-corrected chi connectivity index (χ4v) is 4.28. The fourth-order valence-electron chi connectivity index (χ4n) is 4.28. The lowest BCUT2D eigenvalue weighted by molar-refractivity contribution is 0.0858. The monoisotopic (exact) mass is 452 g/mol. The number of methoxy groups -OCH3 is 1. The average molecular weight is 453 g/mol. The third-order valence-corrected chi connectivity index (χ3v) is 6.06. The van der Waals surface area contributed by atoms with Crippen molar-refractivity contribution in [2.45, 2.75) is 38.2 Å². The maximum Gasteiger partial charge on any atom is 0.323 e. The molecule has 0 saturated carbocycles. The molecule has 4 rings (SSSR count). The number of carbonyl (C=O) groups is 2. The highest BCUT2D eigenvalue weighted by Crippen LogP contribution is 2.27. The van der Waals surface area contributed by atoms with Crippen LogP contribution in [0.1, 0.15) is 42.5 Å². The highest BCUT2D eigenvalue weighted by atomic mass is 16.5. The number of rotatable bonds is 7. The minimum absolute atomic E-state index is 0.0731. The summed E-state index contributed by atoms with van der Waals surface area (Å²) in [5.74, 6) is 0.568. The number of ether oxygens (including phenoxy) is 2. The lowest BCUT2D eigenvalue weighted by Gasteiger charge is -2.30. The van der Waals surface area contributed by atoms with Gasteiger partial charge in [0.2, 0.25) is 0 Å². The highest BCUT2D eigenvalue weighted by Gasteiger charge is 2.22. The summed E-state index contributed by atoms with van der Waals surface area (Å²) in [4.78, 5) is 27.9. The van der Waals surface area contributed by atoms with Crippen LogP contribution in [0.3, 0.4) is 0 Å². The van der Waals surface area contributed by atoms with E-state index in [0.717, 1.165) is 51.1 Å². The van der Waals surface area contributed by atoms with Crippen molar-refractivity contribution in [3.05, 3.63) is 48.0 Å². The van der Waals surface area contributed by atoms with Gasteiger partial charge in [0, 0.05) is 43.3 Å². The second-order valence-electron chi connectivity index (χ2n) is 8.43. The van der Waals surface area contributed by atoms with E-state index in [9.17, 15) is 9.59 Å². The van der Waals surface area contributed by atoms with E-state index in [2.05, 4.69) is 20.9 Å². The largest absolute Gasteiger partial charge is 0.497 e. The van der Waals surface area contributed by atoms with E-state index in [1.54, 1.807) is 37.4 Å². The summed E-state index contributed by atoms with van der Waals surface area (Å²) < 4.78 is 10.8. The van der Waals surface area contributed by atoms with Gasteiger partial charge in [-0.25, -0.2) is 4.79 Å². The Balaban J connectivity index is 1.47. The SMILES string of the molecule is COc1ccc(NC(=O)Nc2ccc(N3CCCCC3)c(C(=O)NCC3CCCO3)c2)cc1. The number of hydrogen-bond donors (Lipinski definition) is 3. The molecule has 2 fully saturated rings. The van der Waals surface area contributed by atoms with Crippen LogP contribution < -0.4 is 25.6 Å². The molecule has 176 valence electrons. The Bertz CT molecular complexity index is 951. The van der Waals surface area contributed by atoms with E-state index in [0.29, 0.717) is 29.2 Å². The van der Waals surface area contributed by atoms with Crippen molar-refractivity contribution < 1.29 is 19.1 Å². The molecular formula is C25H32N4O4. The third-order valence-electron chi connectivity index (χ3n) is 6.06. The smallest absolute Gasteiger partial charge is 0.323 e. The quantitative estimate of drug-likeness (QED) is 0.585. The van der Waals surface area contributed by atoms with Gasteiger partial charge in [0.1, 0.15) is 5.75 Å². The van der Waals surface area contributed by atoms with Crippen LogP contribution >= 0.6 is 0 Å². The molecule has 2 aromatic rings. The van der Waals surface area contributed by atoms with E-state index >= 15 is 0 Å². The van der Waals surface area contributed by atoms with Crippen molar-refractivity contribution in [3.63, 3.8) is 0 Å². The molecule has 3 amide bonds. The van der Waals surface area contributed by atoms with Crippen molar-refractivity contribution in [2.24, 2.45) is 0 Å². The molecule has 2 aliphatic rings. The molecule has 2 aliphatic heterocycles. The Morgan fingerprint density at radius 3 is 2.42 bits per heavy atom. The molecule has 0 aromatic heterocycles. The Hall–Kier alpha value is -3.26. The van der Waals surface area contributed by atoms with Crippen LogP contribution in [0.4, 0.5) is 21.9 Å². The van der Waals surface area contributed by atoms with Gasteiger partial charge in [-0.15, -0.1) is 0 Å². The van der Waals surface area contributed by atoms with E-state index in [1.807, 2.05) is 12.1 Å². The van der Waals surface area contributed by atoms with Crippen molar-refractivity contribution in [1.29, 1.82) is 0 Å². The zero-order valence-electron chi connectivity index (χ0n) is 19.1. The summed E-state index contributed by atoms with van der Waals surface area (Å²) in [6.45, 7) is 3.10. The number of benzene rings is 2. The number of piperidine rings is 1. The molecule has 3 N–H and O–H groups in total. The van der Waals surface area contributed by atoms with Crippen LogP contribution in [0.15, 0.2) is 42.5 Å². The van der Waals surface area contributed by atoms with Gasteiger partial charge < -0.3 is 30.3 Å². The molecule has 8 nitrogen and oxygen atoms in total. The minimum atomic E-state index is -0.378. The summed E-state index contributed by atoms with van der Waals surface area (Å²) in [5, 5.41) is 8.66. The molecule has 1 atom stereocenters. The first-order chi connectivity index (χ1) is 16.1. The zero-order valence-corrected chi connectivity index (χ0v) is 19.1. The van der Waals surface area contributed by atoms with E-state index in [4.69, 9.17) is 9.47 Å². The molecule has 0 radical (unpaired) electrons. The van der Waals surface area contributed by atoms with Gasteiger partial charge in [0.25, 0.3) is 5.91 Å². The standard InChI is InChI=1S/C25H32N4O4/c1-32-20-10-7-18(8-11-20)27-25(31)28-19-9-12-23(29-13-3-2-4-14-29)22(16-19)24(30)26-17-21-6-5-15-33-21/h7-12,16,21H,2-6,13-15,17H2,1H3,(H,26,30)(H2,27,28,31). The van der Waals surface area contributed by atoms with E-state index in [-0.39, 0.29) is 18.0 Å². The van der Waals surface area contributed by atoms with Crippen molar-refractivity contribution >= 4 is 29.0 Å². The molecule has 2 aromatic carbocycles. The average Bonchev–Trinajstić information content (AvgIpc) is 3.37. The summed E-state index contributed by atoms with van der Waals surface area (Å²) in [5.41, 5.74) is 2.68. The first kappa shape index (κ1) is 22.9. The maximum absolute atomic E-state index is 13.1. The van der Waals surface area contributed by atoms with Crippen molar-refractivity contribution in [3.8, 4) is 5.75 Å². The predicted molar refractivity (Wildman–Crippen MR) is 129 cm³/mol. The Morgan fingerprint density at radius 1 is 1.00 bits per heavy atom. The molecule has 2 heterocycles. The second kappa shape index (κ2) is 11.0. The zero-order chi connectivity index (χ0) is 23.0. The Labute approximate surface area is 194 Å². The number of nitrogens with zero attached hydrogens (tertiary/aromatic N) is 1. The fraction of sp³-hybridized carbons (Fsp3) is 0.440. The number of anilines is 3. The van der Waals surface area contributed by atoms with Gasteiger partial charge >= 0.3 is 6.03 Å². The summed E-state index contributed by atoms with van der Waals surface area (Å²) in [6.07, 6.45) is 5.50. The van der Waals surface area contributed by atoms with Crippen LogP contribution in [0, 0.1) is 0 Å². The number of carbonyl (C=O) groups excluding carboxylic acids is 2. The third kappa shape index (κ3) is 6.16. The van der Waals surface area contributed by atoms with Gasteiger partial charge in [-0.1, -0.05) is 0 Å². The number of nitrogens with one attached hydrogen (secondary N) is 3. The first-order valence-electron chi connectivity index (χ1n) is 11.6. The predicted octanol–water partition coefficient (Wildman–Crippen LogP) is 4.24. The molecule has 0 bridgehead atoms. The van der Waals surface area contributed by atoms with Crippen molar-refractivity contribution in [2.75, 3.05) is 48.9 Å². The molecule has 8 heteroatoms. The Kier molecular flexibility index (Phi) is 7.67. The van der Waals surface area contributed by atoms with Gasteiger partial charge in [-0.2, -0.15) is 0 Å². The topological polar surface area (TPSA) is 91.9 Å². The van der Waals surface area contributed by atoms with Gasteiger partial charge in [0.15, 0.2) is 0 Å².